The van der Waals surface area contributed by atoms with Crippen molar-refractivity contribution in [2.75, 3.05) is 17.2 Å². The number of amides is 2. The Hall–Kier alpha value is -3.15. The van der Waals surface area contributed by atoms with Gasteiger partial charge in [0.25, 0.3) is 11.8 Å². The van der Waals surface area contributed by atoms with Crippen molar-refractivity contribution in [1.29, 1.82) is 0 Å². The van der Waals surface area contributed by atoms with Crippen LogP contribution in [0, 0.1) is 6.92 Å². The molecule has 1 fully saturated rings. The van der Waals surface area contributed by atoms with Crippen LogP contribution in [0.15, 0.2) is 26.1 Å². The third-order valence-electron chi connectivity index (χ3n) is 5.17. The summed E-state index contributed by atoms with van der Waals surface area (Å²) in [4.78, 5) is 58.5. The number of carbonyl (C=O) groups is 4. The molecule has 2 aliphatic rings. The quantitative estimate of drug-likeness (QED) is 0.0933. The van der Waals surface area contributed by atoms with Crippen molar-refractivity contribution >= 4 is 80.8 Å². The molecular formula is C19H18N6O7S4. The number of hydrogen-bond donors (Lipinski definition) is 5. The fourth-order valence-electron chi connectivity index (χ4n) is 3.53. The number of aryl methyl sites for hydroxylation is 1. The van der Waals surface area contributed by atoms with E-state index < -0.39 is 40.9 Å². The maximum absolute atomic E-state index is 12.9. The minimum absolute atomic E-state index is 0.0480. The molecule has 4 heterocycles. The highest BCUT2D eigenvalue weighted by Crippen LogP contribution is 2.42. The summed E-state index contributed by atoms with van der Waals surface area (Å²) in [6.45, 7) is 1.71. The minimum Gasteiger partial charge on any atom is -0.481 e. The molecule has 1 saturated heterocycles. The first-order chi connectivity index (χ1) is 17.1. The predicted octanol–water partition coefficient (Wildman–Crippen LogP) is 0.827. The average Bonchev–Trinajstić information content (AvgIpc) is 3.40. The number of nitrogens with one attached hydrogen (secondary N) is 1. The number of β-lactam (4-membered cyclic amide) rings is 1. The lowest BCUT2D eigenvalue weighted by Crippen LogP contribution is -2.71. The number of nitrogens with zero attached hydrogens (tertiary/aromatic N) is 4. The molecule has 36 heavy (non-hydrogen) atoms. The molecule has 2 amide bonds. The van der Waals surface area contributed by atoms with Crippen LogP contribution in [0.2, 0.25) is 0 Å². The highest BCUT2D eigenvalue weighted by atomic mass is 32.2. The van der Waals surface area contributed by atoms with Gasteiger partial charge in [-0.15, -0.1) is 34.4 Å². The second-order valence-electron chi connectivity index (χ2n) is 7.49. The maximum atomic E-state index is 12.9. The number of thiazole rings is 2. The van der Waals surface area contributed by atoms with Crippen LogP contribution in [-0.2, 0) is 25.6 Å². The highest BCUT2D eigenvalue weighted by Gasteiger charge is 2.54. The van der Waals surface area contributed by atoms with E-state index in [-0.39, 0.29) is 28.7 Å². The lowest BCUT2D eigenvalue weighted by atomic mass is 10.0. The highest BCUT2D eigenvalue weighted by molar-refractivity contribution is 8.01. The monoisotopic (exact) mass is 570 g/mol. The van der Waals surface area contributed by atoms with Crippen LogP contribution in [0.3, 0.4) is 0 Å². The molecule has 0 aromatic carbocycles. The van der Waals surface area contributed by atoms with Gasteiger partial charge in [-0.25, -0.2) is 14.8 Å². The third kappa shape index (κ3) is 5.04. The van der Waals surface area contributed by atoms with E-state index in [1.165, 1.54) is 40.2 Å². The summed E-state index contributed by atoms with van der Waals surface area (Å²) in [5.74, 6) is -3.15. The van der Waals surface area contributed by atoms with Gasteiger partial charge >= 0.3 is 11.9 Å². The molecule has 2 atom stereocenters. The van der Waals surface area contributed by atoms with Gasteiger partial charge in [0, 0.05) is 21.8 Å². The molecule has 2 aromatic rings. The number of nitrogen functional groups attached to an aromatic ring is 1. The maximum Gasteiger partial charge on any atom is 0.352 e. The number of rotatable bonds is 9. The zero-order chi connectivity index (χ0) is 26.1. The van der Waals surface area contributed by atoms with Crippen molar-refractivity contribution < 1.29 is 34.6 Å². The molecule has 0 radical (unpaired) electrons. The summed E-state index contributed by atoms with van der Waals surface area (Å²) in [5, 5.41) is 34.5. The number of hydrogen-bond acceptors (Lipinski definition) is 13. The van der Waals surface area contributed by atoms with Crippen molar-refractivity contribution in [3.8, 4) is 0 Å². The van der Waals surface area contributed by atoms with Crippen molar-refractivity contribution in [3.63, 3.8) is 0 Å². The summed E-state index contributed by atoms with van der Waals surface area (Å²) in [6.07, 6.45) is -0.140. The summed E-state index contributed by atoms with van der Waals surface area (Å²) in [7, 11) is 0. The molecule has 0 spiro atoms. The number of aromatic nitrogens is 2. The van der Waals surface area contributed by atoms with Crippen LogP contribution < -0.4 is 11.1 Å². The van der Waals surface area contributed by atoms with E-state index in [4.69, 9.17) is 10.8 Å². The standard InChI is InChI=1S/C19H18N6O7S4/c1-6-9(2-10(26)27)36-19(21-6)35-4-7-3-33-16-12(15(29)25(16)13(7)17(30)31)23-14(28)11(24-32)8-5-34-18(20)22-8/h5,12,16,32H,2-4H2,1H3,(H2,20,22)(H,23,28)(H,26,27)(H,30,31)/b24-11-/t12-,16-/m1/s1. The smallest absolute Gasteiger partial charge is 0.352 e. The molecule has 0 unspecified atom stereocenters. The first-order valence-electron chi connectivity index (χ1n) is 10.1. The molecular weight excluding hydrogens is 553 g/mol. The normalized spacial score (nSPS) is 19.6. The Labute approximate surface area is 219 Å². The molecule has 2 aliphatic heterocycles. The van der Waals surface area contributed by atoms with Gasteiger partial charge in [-0.2, -0.15) is 0 Å². The van der Waals surface area contributed by atoms with Gasteiger partial charge in [-0.05, 0) is 12.5 Å². The SMILES string of the molecule is Cc1nc(SCC2=C(C(=O)O)N3C(=O)[C@@H](NC(=O)/C(=N\O)c4csc(N)n4)[C@H]3SC2)sc1CC(=O)O. The number of anilines is 1. The lowest BCUT2D eigenvalue weighted by molar-refractivity contribution is -0.150. The average molecular weight is 571 g/mol. The van der Waals surface area contributed by atoms with Crippen molar-refractivity contribution in [2.45, 2.75) is 29.1 Å². The van der Waals surface area contributed by atoms with Crippen molar-refractivity contribution in [1.82, 2.24) is 20.2 Å². The number of thioether (sulfide) groups is 2. The first-order valence-corrected chi connectivity index (χ1v) is 13.8. The predicted molar refractivity (Wildman–Crippen MR) is 133 cm³/mol. The van der Waals surface area contributed by atoms with E-state index in [1.807, 2.05) is 0 Å². The second-order valence-corrected chi connectivity index (χ2v) is 11.8. The topological polar surface area (TPSA) is 208 Å². The number of oxime groups is 1. The molecule has 13 nitrogen and oxygen atoms in total. The summed E-state index contributed by atoms with van der Waals surface area (Å²) in [6, 6.07) is -1.01. The summed E-state index contributed by atoms with van der Waals surface area (Å²) in [5.41, 5.74) is 6.15. The Kier molecular flexibility index (Phi) is 7.53. The fourth-order valence-corrected chi connectivity index (χ4v) is 7.78. The Morgan fingerprint density at radius 2 is 2.08 bits per heavy atom. The molecule has 0 bridgehead atoms. The lowest BCUT2D eigenvalue weighted by Gasteiger charge is -2.49. The molecule has 0 aliphatic carbocycles. The molecule has 17 heteroatoms. The van der Waals surface area contributed by atoms with Gasteiger partial charge in [0.1, 0.15) is 22.8 Å². The van der Waals surface area contributed by atoms with Crippen LogP contribution in [0.4, 0.5) is 5.13 Å². The second kappa shape index (κ2) is 10.5. The number of carboxylic acid groups (broad SMARTS) is 2. The summed E-state index contributed by atoms with van der Waals surface area (Å²) >= 11 is 4.84. The Morgan fingerprint density at radius 1 is 1.33 bits per heavy atom. The molecule has 0 saturated carbocycles. The Bertz CT molecular complexity index is 1320. The number of fused-ring (bicyclic) bond motifs is 1. The number of aliphatic carboxylic acids is 2. The molecule has 4 rings (SSSR count). The fraction of sp³-hybridized carbons (Fsp3) is 0.316. The van der Waals surface area contributed by atoms with E-state index in [1.54, 1.807) is 6.92 Å². The Balaban J connectivity index is 1.46. The Morgan fingerprint density at radius 3 is 2.69 bits per heavy atom. The van der Waals surface area contributed by atoms with Gasteiger partial charge in [0.05, 0.1) is 12.1 Å². The van der Waals surface area contributed by atoms with Gasteiger partial charge in [-0.3, -0.25) is 19.3 Å². The van der Waals surface area contributed by atoms with Crippen LogP contribution in [-0.4, -0.2) is 82.7 Å². The van der Waals surface area contributed by atoms with Crippen molar-refractivity contribution in [2.24, 2.45) is 5.16 Å². The first kappa shape index (κ1) is 25.9. The van der Waals surface area contributed by atoms with Crippen LogP contribution >= 0.6 is 46.2 Å². The van der Waals surface area contributed by atoms with Gasteiger partial charge in [0.2, 0.25) is 0 Å². The van der Waals surface area contributed by atoms with Crippen LogP contribution in [0.25, 0.3) is 0 Å². The third-order valence-corrected chi connectivity index (χ3v) is 9.57. The minimum atomic E-state index is -1.27. The van der Waals surface area contributed by atoms with Gasteiger partial charge in [-0.1, -0.05) is 16.9 Å². The zero-order valence-corrected chi connectivity index (χ0v) is 21.6. The molecule has 6 N–H and O–H groups in total. The van der Waals surface area contributed by atoms with Crippen LogP contribution in [0.1, 0.15) is 16.3 Å². The van der Waals surface area contributed by atoms with E-state index in [2.05, 4.69) is 20.4 Å². The van der Waals surface area contributed by atoms with Gasteiger partial charge in [0.15, 0.2) is 15.2 Å². The van der Waals surface area contributed by atoms with Crippen molar-refractivity contribution in [3.05, 3.63) is 32.9 Å². The van der Waals surface area contributed by atoms with E-state index >= 15 is 0 Å². The largest absolute Gasteiger partial charge is 0.481 e. The number of carboxylic acids is 2. The number of nitrogens with two attached hydrogens (primary N) is 1. The number of carbonyl (C=O) groups excluding carboxylic acids is 2. The molecule has 190 valence electrons. The molecule has 2 aromatic heterocycles. The zero-order valence-electron chi connectivity index (χ0n) is 18.3. The van der Waals surface area contributed by atoms with Crippen LogP contribution in [0.5, 0.6) is 0 Å². The van der Waals surface area contributed by atoms with Gasteiger partial charge < -0.3 is 26.5 Å². The van der Waals surface area contributed by atoms with E-state index in [9.17, 15) is 29.5 Å². The summed E-state index contributed by atoms with van der Waals surface area (Å²) < 4.78 is 0.603. The van der Waals surface area contributed by atoms with E-state index in [0.29, 0.717) is 26.2 Å². The van der Waals surface area contributed by atoms with E-state index in [0.717, 1.165) is 16.2 Å².